The molecule has 2 aromatic carbocycles. The number of hydrogen-bond acceptors (Lipinski definition) is 3. The van der Waals surface area contributed by atoms with Crippen LogP contribution in [-0.2, 0) is 6.54 Å². The standard InChI is InChI=1S/C15H12FN3O/c16-12-7-10(5-6-13(12)17)8-19-9-18-14-4-2-1-3-11(14)15(19)20/h1-7,9H,8,17H2. The Morgan fingerprint density at radius 1 is 1.20 bits per heavy atom. The van der Waals surface area contributed by atoms with Gasteiger partial charge >= 0.3 is 0 Å². The molecule has 2 N–H and O–H groups in total. The lowest BCUT2D eigenvalue weighted by Gasteiger charge is -2.07. The molecule has 0 atom stereocenters. The summed E-state index contributed by atoms with van der Waals surface area (Å²) in [5, 5.41) is 0.547. The molecule has 0 saturated carbocycles. The predicted octanol–water partition coefficient (Wildman–Crippen LogP) is 2.17. The van der Waals surface area contributed by atoms with Crippen LogP contribution in [0.15, 0.2) is 53.6 Å². The fourth-order valence-corrected chi connectivity index (χ4v) is 2.08. The lowest BCUT2D eigenvalue weighted by molar-refractivity contribution is 0.627. The third kappa shape index (κ3) is 2.14. The number of anilines is 1. The Bertz CT molecular complexity index is 842. The minimum Gasteiger partial charge on any atom is -0.396 e. The lowest BCUT2D eigenvalue weighted by atomic mass is 10.2. The molecule has 0 spiro atoms. The Kier molecular flexibility index (Phi) is 2.95. The second-order valence-corrected chi connectivity index (χ2v) is 4.55. The average Bonchev–Trinajstić information content (AvgIpc) is 2.46. The van der Waals surface area contributed by atoms with Gasteiger partial charge < -0.3 is 5.73 Å². The van der Waals surface area contributed by atoms with Gasteiger partial charge in [-0.3, -0.25) is 9.36 Å². The number of aromatic nitrogens is 2. The second-order valence-electron chi connectivity index (χ2n) is 4.55. The van der Waals surface area contributed by atoms with E-state index in [-0.39, 0.29) is 17.8 Å². The zero-order valence-corrected chi connectivity index (χ0v) is 10.6. The first-order valence-corrected chi connectivity index (χ1v) is 6.13. The molecule has 0 aliphatic heterocycles. The molecule has 3 aromatic rings. The first-order valence-electron chi connectivity index (χ1n) is 6.13. The number of para-hydroxylation sites is 1. The highest BCUT2D eigenvalue weighted by atomic mass is 19.1. The van der Waals surface area contributed by atoms with Gasteiger partial charge in [-0.15, -0.1) is 0 Å². The van der Waals surface area contributed by atoms with Gasteiger partial charge in [-0.1, -0.05) is 18.2 Å². The number of halogens is 1. The van der Waals surface area contributed by atoms with Gasteiger partial charge in [0.05, 0.1) is 29.5 Å². The molecule has 0 bridgehead atoms. The van der Waals surface area contributed by atoms with Gasteiger partial charge in [0.25, 0.3) is 5.56 Å². The third-order valence-electron chi connectivity index (χ3n) is 3.15. The molecule has 0 saturated heterocycles. The monoisotopic (exact) mass is 269 g/mol. The Morgan fingerprint density at radius 3 is 2.80 bits per heavy atom. The van der Waals surface area contributed by atoms with Crippen LogP contribution in [0.5, 0.6) is 0 Å². The van der Waals surface area contributed by atoms with Crippen molar-refractivity contribution in [2.45, 2.75) is 6.54 Å². The summed E-state index contributed by atoms with van der Waals surface area (Å²) < 4.78 is 14.9. The molecule has 100 valence electrons. The Balaban J connectivity index is 2.04. The van der Waals surface area contributed by atoms with Crippen molar-refractivity contribution in [1.82, 2.24) is 9.55 Å². The van der Waals surface area contributed by atoms with Crippen molar-refractivity contribution in [3.63, 3.8) is 0 Å². The molecule has 4 nitrogen and oxygen atoms in total. The zero-order valence-electron chi connectivity index (χ0n) is 10.6. The molecule has 0 amide bonds. The van der Waals surface area contributed by atoms with Crippen molar-refractivity contribution >= 4 is 16.6 Å². The molecule has 20 heavy (non-hydrogen) atoms. The van der Waals surface area contributed by atoms with Crippen molar-refractivity contribution < 1.29 is 4.39 Å². The van der Waals surface area contributed by atoms with E-state index in [1.807, 2.05) is 6.07 Å². The van der Waals surface area contributed by atoms with E-state index < -0.39 is 5.82 Å². The Morgan fingerprint density at radius 2 is 2.00 bits per heavy atom. The van der Waals surface area contributed by atoms with Crippen LogP contribution in [0.1, 0.15) is 5.56 Å². The van der Waals surface area contributed by atoms with E-state index in [0.717, 1.165) is 0 Å². The van der Waals surface area contributed by atoms with Gasteiger partial charge in [-0.2, -0.15) is 0 Å². The van der Waals surface area contributed by atoms with Crippen molar-refractivity contribution in [2.24, 2.45) is 0 Å². The summed E-state index contributed by atoms with van der Waals surface area (Å²) in [5.41, 5.74) is 6.69. The molecule has 5 heteroatoms. The van der Waals surface area contributed by atoms with Crippen LogP contribution in [0.25, 0.3) is 10.9 Å². The van der Waals surface area contributed by atoms with Crippen LogP contribution >= 0.6 is 0 Å². The number of benzene rings is 2. The van der Waals surface area contributed by atoms with Gasteiger partial charge in [-0.25, -0.2) is 9.37 Å². The van der Waals surface area contributed by atoms with Crippen molar-refractivity contribution in [3.8, 4) is 0 Å². The summed E-state index contributed by atoms with van der Waals surface area (Å²) in [5.74, 6) is -0.482. The SMILES string of the molecule is Nc1ccc(Cn2cnc3ccccc3c2=O)cc1F. The molecule has 0 unspecified atom stereocenters. The highest BCUT2D eigenvalue weighted by Gasteiger charge is 2.05. The first-order chi connectivity index (χ1) is 9.65. The second kappa shape index (κ2) is 4.77. The number of nitrogens with zero attached hydrogens (tertiary/aromatic N) is 2. The molecular formula is C15H12FN3O. The third-order valence-corrected chi connectivity index (χ3v) is 3.15. The summed E-state index contributed by atoms with van der Waals surface area (Å²) >= 11 is 0. The molecule has 0 aliphatic rings. The van der Waals surface area contributed by atoms with E-state index in [9.17, 15) is 9.18 Å². The van der Waals surface area contributed by atoms with E-state index in [0.29, 0.717) is 16.5 Å². The van der Waals surface area contributed by atoms with Crippen LogP contribution in [0.2, 0.25) is 0 Å². The minimum atomic E-state index is -0.482. The topological polar surface area (TPSA) is 60.9 Å². The summed E-state index contributed by atoms with van der Waals surface area (Å²) in [6.07, 6.45) is 1.47. The quantitative estimate of drug-likeness (QED) is 0.725. The highest BCUT2D eigenvalue weighted by molar-refractivity contribution is 5.76. The normalized spacial score (nSPS) is 10.8. The number of hydrogen-bond donors (Lipinski definition) is 1. The molecule has 0 aliphatic carbocycles. The average molecular weight is 269 g/mol. The van der Waals surface area contributed by atoms with Gasteiger partial charge in [0, 0.05) is 0 Å². The fourth-order valence-electron chi connectivity index (χ4n) is 2.08. The predicted molar refractivity (Wildman–Crippen MR) is 75.9 cm³/mol. The Hall–Kier alpha value is -2.69. The smallest absolute Gasteiger partial charge is 0.261 e. The number of fused-ring (bicyclic) bond motifs is 1. The number of rotatable bonds is 2. The molecule has 3 rings (SSSR count). The van der Waals surface area contributed by atoms with Crippen molar-refractivity contribution in [1.29, 1.82) is 0 Å². The highest BCUT2D eigenvalue weighted by Crippen LogP contribution is 2.13. The van der Waals surface area contributed by atoms with Gasteiger partial charge in [0.15, 0.2) is 0 Å². The van der Waals surface area contributed by atoms with E-state index in [1.165, 1.54) is 23.0 Å². The maximum Gasteiger partial charge on any atom is 0.261 e. The van der Waals surface area contributed by atoms with Crippen molar-refractivity contribution in [3.05, 3.63) is 70.5 Å². The summed E-state index contributed by atoms with van der Waals surface area (Å²) in [6, 6.07) is 11.6. The fraction of sp³-hybridized carbons (Fsp3) is 0.0667. The van der Waals surface area contributed by atoms with Crippen LogP contribution in [-0.4, -0.2) is 9.55 Å². The van der Waals surface area contributed by atoms with E-state index >= 15 is 0 Å². The maximum atomic E-state index is 13.4. The van der Waals surface area contributed by atoms with E-state index in [4.69, 9.17) is 5.73 Å². The summed E-state index contributed by atoms with van der Waals surface area (Å²) in [6.45, 7) is 0.258. The van der Waals surface area contributed by atoms with Crippen LogP contribution in [0.3, 0.4) is 0 Å². The molecule has 0 radical (unpaired) electrons. The summed E-state index contributed by atoms with van der Waals surface area (Å²) in [4.78, 5) is 16.5. The lowest BCUT2D eigenvalue weighted by Crippen LogP contribution is -2.21. The summed E-state index contributed by atoms with van der Waals surface area (Å²) in [7, 11) is 0. The van der Waals surface area contributed by atoms with Gasteiger partial charge in [-0.05, 0) is 29.8 Å². The number of nitrogens with two attached hydrogens (primary N) is 1. The molecular weight excluding hydrogens is 257 g/mol. The molecule has 1 aromatic heterocycles. The van der Waals surface area contributed by atoms with Crippen LogP contribution < -0.4 is 11.3 Å². The van der Waals surface area contributed by atoms with Crippen LogP contribution in [0, 0.1) is 5.82 Å². The maximum absolute atomic E-state index is 13.4. The van der Waals surface area contributed by atoms with Crippen molar-refractivity contribution in [2.75, 3.05) is 5.73 Å². The van der Waals surface area contributed by atoms with Crippen LogP contribution in [0.4, 0.5) is 10.1 Å². The first kappa shape index (κ1) is 12.3. The van der Waals surface area contributed by atoms with Gasteiger partial charge in [0.1, 0.15) is 5.82 Å². The molecule has 0 fully saturated rings. The largest absolute Gasteiger partial charge is 0.396 e. The van der Waals surface area contributed by atoms with Gasteiger partial charge in [0.2, 0.25) is 0 Å². The minimum absolute atomic E-state index is 0.0951. The zero-order chi connectivity index (χ0) is 14.1. The molecule has 1 heterocycles. The number of nitrogen functional groups attached to an aromatic ring is 1. The van der Waals surface area contributed by atoms with E-state index in [2.05, 4.69) is 4.98 Å². The Labute approximate surface area is 114 Å². The van der Waals surface area contributed by atoms with E-state index in [1.54, 1.807) is 24.3 Å².